The van der Waals surface area contributed by atoms with Crippen LogP contribution in [0.25, 0.3) is 0 Å². The van der Waals surface area contributed by atoms with E-state index in [0.717, 1.165) is 25.9 Å². The fourth-order valence-electron chi connectivity index (χ4n) is 2.81. The van der Waals surface area contributed by atoms with E-state index in [9.17, 15) is 13.6 Å². The Morgan fingerprint density at radius 3 is 2.50 bits per heavy atom. The Morgan fingerprint density at radius 2 is 1.85 bits per heavy atom. The third-order valence-corrected chi connectivity index (χ3v) is 4.13. The maximum absolute atomic E-state index is 13.0. The van der Waals surface area contributed by atoms with Gasteiger partial charge in [0.25, 0.3) is 0 Å². The third kappa shape index (κ3) is 4.98. The molecule has 2 N–H and O–H groups in total. The molecule has 0 radical (unpaired) electrons. The van der Waals surface area contributed by atoms with Crippen LogP contribution in [0.4, 0.5) is 8.78 Å². The summed E-state index contributed by atoms with van der Waals surface area (Å²) in [5.41, 5.74) is 0. The molecule has 1 aliphatic heterocycles. The van der Waals surface area contributed by atoms with Crippen molar-refractivity contribution in [1.29, 1.82) is 0 Å². The summed E-state index contributed by atoms with van der Waals surface area (Å²) in [6.07, 6.45) is 2.52. The van der Waals surface area contributed by atoms with E-state index >= 15 is 0 Å². The van der Waals surface area contributed by atoms with E-state index in [0.29, 0.717) is 13.2 Å². The molecule has 4 nitrogen and oxygen atoms in total. The summed E-state index contributed by atoms with van der Waals surface area (Å²) in [4.78, 5) is 11.8. The number of hydrogen-bond acceptors (Lipinski definition) is 3. The smallest absolute Gasteiger partial charge is 0.248 e. The maximum atomic E-state index is 13.0. The first kappa shape index (κ1) is 15.6. The third-order valence-electron chi connectivity index (χ3n) is 4.13. The largest absolute Gasteiger partial charge is 0.376 e. The Kier molecular flexibility index (Phi) is 5.72. The molecule has 20 heavy (non-hydrogen) atoms. The van der Waals surface area contributed by atoms with Crippen molar-refractivity contribution in [3.05, 3.63) is 0 Å². The van der Waals surface area contributed by atoms with E-state index in [1.807, 2.05) is 0 Å². The Balaban J connectivity index is 1.56. The van der Waals surface area contributed by atoms with Crippen molar-refractivity contribution in [2.75, 3.05) is 26.2 Å². The Hall–Kier alpha value is -0.750. The van der Waals surface area contributed by atoms with E-state index in [4.69, 9.17) is 4.74 Å². The number of halogens is 2. The van der Waals surface area contributed by atoms with E-state index < -0.39 is 5.92 Å². The van der Waals surface area contributed by atoms with Gasteiger partial charge in [-0.15, -0.1) is 0 Å². The van der Waals surface area contributed by atoms with E-state index in [1.165, 1.54) is 0 Å². The van der Waals surface area contributed by atoms with E-state index in [2.05, 4.69) is 10.6 Å². The topological polar surface area (TPSA) is 50.4 Å². The van der Waals surface area contributed by atoms with Crippen molar-refractivity contribution in [2.45, 2.75) is 50.6 Å². The zero-order chi connectivity index (χ0) is 14.4. The minimum Gasteiger partial charge on any atom is -0.376 e. The number of carbonyl (C=O) groups excluding carboxylic acids is 1. The van der Waals surface area contributed by atoms with Crippen LogP contribution in [0.2, 0.25) is 0 Å². The molecular weight excluding hydrogens is 266 g/mol. The molecule has 116 valence electrons. The highest BCUT2D eigenvalue weighted by Gasteiger charge is 2.37. The van der Waals surface area contributed by atoms with Crippen molar-refractivity contribution in [3.63, 3.8) is 0 Å². The first-order valence-corrected chi connectivity index (χ1v) is 7.55. The predicted molar refractivity (Wildman–Crippen MR) is 71.8 cm³/mol. The molecule has 0 aromatic carbocycles. The van der Waals surface area contributed by atoms with Crippen molar-refractivity contribution >= 4 is 5.91 Å². The first-order valence-electron chi connectivity index (χ1n) is 7.55. The highest BCUT2D eigenvalue weighted by Crippen LogP contribution is 2.36. The molecule has 1 saturated heterocycles. The van der Waals surface area contributed by atoms with Crippen molar-refractivity contribution in [1.82, 2.24) is 10.6 Å². The lowest BCUT2D eigenvalue weighted by molar-refractivity contribution is -0.129. The predicted octanol–water partition coefficient (Wildman–Crippen LogP) is 1.70. The van der Waals surface area contributed by atoms with Crippen LogP contribution >= 0.6 is 0 Å². The fraction of sp³-hybridized carbons (Fsp3) is 0.929. The molecule has 1 amide bonds. The standard InChI is InChI=1S/C14H24F2N2O2/c15-14(16)5-1-11(2-6-14)13(19)18-9-10-20-12-3-7-17-8-4-12/h11-12,17H,1-10H2,(H,18,19). The van der Waals surface area contributed by atoms with E-state index in [-0.39, 0.29) is 43.6 Å². The average molecular weight is 290 g/mol. The molecule has 2 rings (SSSR count). The Morgan fingerprint density at radius 1 is 1.20 bits per heavy atom. The van der Waals surface area contributed by atoms with Gasteiger partial charge in [-0.3, -0.25) is 4.79 Å². The van der Waals surface area contributed by atoms with Gasteiger partial charge in [0.1, 0.15) is 0 Å². The van der Waals surface area contributed by atoms with Crippen LogP contribution in [0.15, 0.2) is 0 Å². The summed E-state index contributed by atoms with van der Waals surface area (Å²) >= 11 is 0. The summed E-state index contributed by atoms with van der Waals surface area (Å²) in [7, 11) is 0. The summed E-state index contributed by atoms with van der Waals surface area (Å²) in [5, 5.41) is 6.06. The summed E-state index contributed by atoms with van der Waals surface area (Å²) in [6.45, 7) is 2.93. The van der Waals surface area contributed by atoms with Gasteiger partial charge in [-0.2, -0.15) is 0 Å². The van der Waals surface area contributed by atoms with Crippen molar-refractivity contribution < 1.29 is 18.3 Å². The molecular formula is C14H24F2N2O2. The second kappa shape index (κ2) is 7.31. The quantitative estimate of drug-likeness (QED) is 0.758. The lowest BCUT2D eigenvalue weighted by Gasteiger charge is -2.27. The minimum absolute atomic E-state index is 0.102. The molecule has 0 atom stereocenters. The van der Waals surface area contributed by atoms with Gasteiger partial charge < -0.3 is 15.4 Å². The highest BCUT2D eigenvalue weighted by atomic mass is 19.3. The molecule has 2 aliphatic rings. The Bertz CT molecular complexity index is 310. The molecule has 0 aromatic heterocycles. The lowest BCUT2D eigenvalue weighted by atomic mass is 9.86. The molecule has 0 bridgehead atoms. The zero-order valence-electron chi connectivity index (χ0n) is 11.8. The molecule has 2 fully saturated rings. The van der Waals surface area contributed by atoms with Crippen molar-refractivity contribution in [3.8, 4) is 0 Å². The number of rotatable bonds is 5. The van der Waals surface area contributed by atoms with Crippen molar-refractivity contribution in [2.24, 2.45) is 5.92 Å². The second-order valence-corrected chi connectivity index (χ2v) is 5.74. The Labute approximate surface area is 118 Å². The van der Waals surface area contributed by atoms with Gasteiger partial charge in [-0.25, -0.2) is 8.78 Å². The monoisotopic (exact) mass is 290 g/mol. The number of piperidine rings is 1. The van der Waals surface area contributed by atoms with Crippen LogP contribution < -0.4 is 10.6 Å². The van der Waals surface area contributed by atoms with Crippen LogP contribution in [-0.2, 0) is 9.53 Å². The molecule has 1 saturated carbocycles. The number of amides is 1. The highest BCUT2D eigenvalue weighted by molar-refractivity contribution is 5.78. The summed E-state index contributed by atoms with van der Waals surface area (Å²) < 4.78 is 31.7. The van der Waals surface area contributed by atoms with Gasteiger partial charge in [0.05, 0.1) is 12.7 Å². The number of alkyl halides is 2. The van der Waals surface area contributed by atoms with Gasteiger partial charge in [-0.1, -0.05) is 0 Å². The minimum atomic E-state index is -2.57. The summed E-state index contributed by atoms with van der Waals surface area (Å²) in [5.74, 6) is -2.93. The molecule has 0 aromatic rings. The molecule has 1 aliphatic carbocycles. The molecule has 6 heteroatoms. The molecule has 0 unspecified atom stereocenters. The molecule has 0 spiro atoms. The van der Waals surface area contributed by atoms with Gasteiger partial charge >= 0.3 is 0 Å². The zero-order valence-corrected chi connectivity index (χ0v) is 11.8. The molecule has 1 heterocycles. The average Bonchev–Trinajstić information content (AvgIpc) is 2.44. The fourth-order valence-corrected chi connectivity index (χ4v) is 2.81. The number of carbonyl (C=O) groups is 1. The van der Waals surface area contributed by atoms with Gasteiger partial charge in [0, 0.05) is 25.3 Å². The van der Waals surface area contributed by atoms with Crippen LogP contribution in [0.1, 0.15) is 38.5 Å². The van der Waals surface area contributed by atoms with Gasteiger partial charge in [0.2, 0.25) is 11.8 Å². The number of nitrogens with one attached hydrogen (secondary N) is 2. The number of hydrogen-bond donors (Lipinski definition) is 2. The van der Waals surface area contributed by atoms with Crippen LogP contribution in [0, 0.1) is 5.92 Å². The van der Waals surface area contributed by atoms with Crippen LogP contribution in [-0.4, -0.2) is 44.2 Å². The maximum Gasteiger partial charge on any atom is 0.248 e. The number of ether oxygens (including phenoxy) is 1. The first-order chi connectivity index (χ1) is 9.57. The lowest BCUT2D eigenvalue weighted by Crippen LogP contribution is -2.38. The SMILES string of the molecule is O=C(NCCOC1CCNCC1)C1CCC(F)(F)CC1. The normalized spacial score (nSPS) is 24.5. The summed E-state index contributed by atoms with van der Waals surface area (Å²) in [6, 6.07) is 0. The van der Waals surface area contributed by atoms with Gasteiger partial charge in [-0.05, 0) is 38.8 Å². The van der Waals surface area contributed by atoms with Crippen LogP contribution in [0.3, 0.4) is 0 Å². The second-order valence-electron chi connectivity index (χ2n) is 5.74. The van der Waals surface area contributed by atoms with Gasteiger partial charge in [0.15, 0.2) is 0 Å². The van der Waals surface area contributed by atoms with E-state index in [1.54, 1.807) is 0 Å². The van der Waals surface area contributed by atoms with Crippen LogP contribution in [0.5, 0.6) is 0 Å².